The SMILES string of the molecule is Cc1c(-c2cc(N3C(=O)C4CC5C(=CCC6C(=O)N(C7CCCCC7)C(=O)C65)C(c5ccc(O)c(F)c5)C4(C)C3=O)n(C)n2)sc2ccc(Cl)cc12. The summed E-state index contributed by atoms with van der Waals surface area (Å²) in [5.74, 6) is -5.55. The molecule has 2 aromatic heterocycles. The smallest absolute Gasteiger partial charge is 0.242 e. The van der Waals surface area contributed by atoms with E-state index >= 15 is 4.39 Å². The molecule has 6 unspecified atom stereocenters. The lowest BCUT2D eigenvalue weighted by Crippen LogP contribution is -2.49. The number of anilines is 1. The summed E-state index contributed by atoms with van der Waals surface area (Å²) in [6.07, 6.45) is 7.12. The number of phenols is 1. The average molecular weight is 741 g/mol. The number of hydrogen-bond acceptors (Lipinski definition) is 7. The van der Waals surface area contributed by atoms with Gasteiger partial charge in [0.15, 0.2) is 11.6 Å². The molecule has 9 rings (SSSR count). The monoisotopic (exact) mass is 740 g/mol. The van der Waals surface area contributed by atoms with E-state index in [2.05, 4.69) is 0 Å². The quantitative estimate of drug-likeness (QED) is 0.170. The molecule has 3 aliphatic carbocycles. The minimum Gasteiger partial charge on any atom is -0.505 e. The number of halogens is 2. The molecule has 0 radical (unpaired) electrons. The van der Waals surface area contributed by atoms with Gasteiger partial charge in [-0.15, -0.1) is 11.3 Å². The van der Waals surface area contributed by atoms with E-state index in [1.165, 1.54) is 21.9 Å². The first-order chi connectivity index (χ1) is 24.9. The van der Waals surface area contributed by atoms with E-state index in [0.29, 0.717) is 28.5 Å². The first kappa shape index (κ1) is 33.5. The Kier molecular flexibility index (Phi) is 7.62. The van der Waals surface area contributed by atoms with Crippen LogP contribution in [0.25, 0.3) is 20.7 Å². The lowest BCUT2D eigenvalue weighted by molar-refractivity contribution is -0.144. The van der Waals surface area contributed by atoms with Gasteiger partial charge in [-0.05, 0) is 92.3 Å². The van der Waals surface area contributed by atoms with Gasteiger partial charge in [0.2, 0.25) is 23.6 Å². The largest absolute Gasteiger partial charge is 0.505 e. The second-order valence-electron chi connectivity index (χ2n) is 15.4. The van der Waals surface area contributed by atoms with Crippen molar-refractivity contribution in [3.63, 3.8) is 0 Å². The van der Waals surface area contributed by atoms with Crippen LogP contribution in [0.4, 0.5) is 10.2 Å². The second kappa shape index (κ2) is 11.8. The molecule has 2 saturated carbocycles. The van der Waals surface area contributed by atoms with Crippen molar-refractivity contribution in [2.24, 2.45) is 36.1 Å². The van der Waals surface area contributed by atoms with Crippen LogP contribution in [0.2, 0.25) is 5.02 Å². The third-order valence-corrected chi connectivity index (χ3v) is 14.3. The van der Waals surface area contributed by atoms with Crippen molar-refractivity contribution in [2.45, 2.75) is 70.8 Å². The number of benzene rings is 2. The van der Waals surface area contributed by atoms with E-state index in [1.54, 1.807) is 42.1 Å². The fraction of sp³-hybridized carbons (Fsp3) is 0.425. The maximum Gasteiger partial charge on any atom is 0.242 e. The lowest BCUT2D eigenvalue weighted by Gasteiger charge is -2.49. The Bertz CT molecular complexity index is 2270. The summed E-state index contributed by atoms with van der Waals surface area (Å²) in [4.78, 5) is 61.6. The van der Waals surface area contributed by atoms with Crippen LogP contribution in [0, 0.1) is 41.8 Å². The van der Waals surface area contributed by atoms with E-state index in [1.807, 2.05) is 31.2 Å². The Balaban J connectivity index is 1.14. The molecule has 268 valence electrons. The maximum atomic E-state index is 15.1. The van der Waals surface area contributed by atoms with Crippen molar-refractivity contribution in [3.05, 3.63) is 76.1 Å². The molecular formula is C40H38ClFN4O5S. The molecule has 6 atom stereocenters. The highest BCUT2D eigenvalue weighted by molar-refractivity contribution is 7.22. The zero-order valence-corrected chi connectivity index (χ0v) is 30.6. The van der Waals surface area contributed by atoms with Crippen molar-refractivity contribution in [3.8, 4) is 16.3 Å². The fourth-order valence-corrected chi connectivity index (χ4v) is 11.6. The van der Waals surface area contributed by atoms with Crippen LogP contribution in [-0.4, -0.2) is 49.5 Å². The zero-order valence-electron chi connectivity index (χ0n) is 29.1. The van der Waals surface area contributed by atoms with E-state index in [9.17, 15) is 24.3 Å². The number of nitrogens with zero attached hydrogens (tertiary/aromatic N) is 4. The molecular weight excluding hydrogens is 703 g/mol. The Labute approximate surface area is 309 Å². The van der Waals surface area contributed by atoms with Gasteiger partial charge in [-0.25, -0.2) is 9.29 Å². The van der Waals surface area contributed by atoms with Gasteiger partial charge < -0.3 is 5.11 Å². The van der Waals surface area contributed by atoms with Crippen LogP contribution in [0.5, 0.6) is 5.75 Å². The molecule has 9 nitrogen and oxygen atoms in total. The highest BCUT2D eigenvalue weighted by Gasteiger charge is 2.68. The topological polar surface area (TPSA) is 113 Å². The summed E-state index contributed by atoms with van der Waals surface area (Å²) in [6.45, 7) is 3.76. The number of aromatic nitrogens is 2. The lowest BCUT2D eigenvalue weighted by atomic mass is 9.51. The van der Waals surface area contributed by atoms with Crippen LogP contribution < -0.4 is 4.90 Å². The van der Waals surface area contributed by atoms with Crippen molar-refractivity contribution >= 4 is 62.5 Å². The summed E-state index contributed by atoms with van der Waals surface area (Å²) in [5.41, 5.74) is 1.47. The fourth-order valence-electron chi connectivity index (χ4n) is 10.3. The van der Waals surface area contributed by atoms with Crippen LogP contribution >= 0.6 is 22.9 Å². The van der Waals surface area contributed by atoms with Gasteiger partial charge in [-0.3, -0.25) is 28.8 Å². The Morgan fingerprint density at radius 3 is 2.50 bits per heavy atom. The number of rotatable bonds is 4. The average Bonchev–Trinajstić information content (AvgIpc) is 3.80. The van der Waals surface area contributed by atoms with Crippen LogP contribution in [-0.2, 0) is 26.2 Å². The first-order valence-electron chi connectivity index (χ1n) is 18.1. The van der Waals surface area contributed by atoms with Gasteiger partial charge in [0.25, 0.3) is 0 Å². The number of carbonyl (C=O) groups is 4. The summed E-state index contributed by atoms with van der Waals surface area (Å²) < 4.78 is 17.7. The molecule has 52 heavy (non-hydrogen) atoms. The van der Waals surface area contributed by atoms with Crippen LogP contribution in [0.1, 0.15) is 68.9 Å². The van der Waals surface area contributed by atoms with Crippen LogP contribution in [0.15, 0.2) is 54.1 Å². The number of allylic oxidation sites excluding steroid dienone is 2. The predicted molar refractivity (Wildman–Crippen MR) is 195 cm³/mol. The zero-order chi connectivity index (χ0) is 36.4. The second-order valence-corrected chi connectivity index (χ2v) is 16.9. The molecule has 2 aliphatic heterocycles. The van der Waals surface area contributed by atoms with Crippen molar-refractivity contribution in [1.82, 2.24) is 14.7 Å². The van der Waals surface area contributed by atoms with E-state index in [0.717, 1.165) is 58.2 Å². The maximum absolute atomic E-state index is 15.1. The normalized spacial score (nSPS) is 29.2. The van der Waals surface area contributed by atoms with Gasteiger partial charge in [-0.2, -0.15) is 5.10 Å². The number of imide groups is 2. The van der Waals surface area contributed by atoms with Crippen LogP contribution in [0.3, 0.4) is 0 Å². The number of thiophene rings is 1. The molecule has 2 aromatic carbocycles. The number of hydrogen-bond donors (Lipinski definition) is 1. The minimum absolute atomic E-state index is 0.121. The molecule has 2 saturated heterocycles. The van der Waals surface area contributed by atoms with E-state index in [-0.39, 0.29) is 24.3 Å². The Hall–Kier alpha value is -4.35. The van der Waals surface area contributed by atoms with Crippen molar-refractivity contribution in [2.75, 3.05) is 4.90 Å². The number of fused-ring (bicyclic) bond motifs is 5. The molecule has 5 aliphatic rings. The van der Waals surface area contributed by atoms with E-state index in [4.69, 9.17) is 16.7 Å². The third kappa shape index (κ3) is 4.60. The van der Waals surface area contributed by atoms with Gasteiger partial charge >= 0.3 is 0 Å². The minimum atomic E-state index is -1.35. The molecule has 1 N–H and O–H groups in total. The molecule has 0 bridgehead atoms. The summed E-state index contributed by atoms with van der Waals surface area (Å²) in [5, 5.41) is 16.5. The standard InChI is InChI=1S/C40H38ClFN4O5S/c1-19-25-16-21(41)10-14-31(25)52-35(19)29-18-32(44(3)43-29)46-37(49)27-17-26-23(34(40(27,2)39(46)51)20-9-13-30(47)28(42)15-20)11-12-24-33(26)38(50)45(36(24)48)22-7-5-4-6-8-22/h9-11,13-16,18,22,24,26-27,33-34,47H,4-8,12,17H2,1-3H3. The van der Waals surface area contributed by atoms with Gasteiger partial charge in [0.1, 0.15) is 11.5 Å². The molecule has 4 aromatic rings. The Morgan fingerprint density at radius 1 is 0.981 bits per heavy atom. The third-order valence-electron chi connectivity index (χ3n) is 12.8. The highest BCUT2D eigenvalue weighted by Crippen LogP contribution is 2.64. The number of carbonyl (C=O) groups excluding carboxylic acids is 4. The van der Waals surface area contributed by atoms with E-state index < -0.39 is 58.4 Å². The van der Waals surface area contributed by atoms with Gasteiger partial charge in [-0.1, -0.05) is 48.6 Å². The molecule has 4 fully saturated rings. The molecule has 0 spiro atoms. The number of likely N-dealkylation sites (tertiary alicyclic amines) is 1. The highest BCUT2D eigenvalue weighted by atomic mass is 35.5. The van der Waals surface area contributed by atoms with Gasteiger partial charge in [0.05, 0.1) is 28.0 Å². The number of aromatic hydroxyl groups is 1. The molecule has 12 heteroatoms. The number of phenolic OH excluding ortho intramolecular Hbond substituents is 1. The van der Waals surface area contributed by atoms with Crippen molar-refractivity contribution < 1.29 is 28.7 Å². The van der Waals surface area contributed by atoms with Gasteiger partial charge in [0, 0.05) is 34.8 Å². The number of amides is 4. The summed E-state index contributed by atoms with van der Waals surface area (Å²) in [6, 6.07) is 11.4. The molecule has 4 amide bonds. The first-order valence-corrected chi connectivity index (χ1v) is 19.3. The summed E-state index contributed by atoms with van der Waals surface area (Å²) in [7, 11) is 1.70. The van der Waals surface area contributed by atoms with Crippen molar-refractivity contribution in [1.29, 1.82) is 0 Å². The Morgan fingerprint density at radius 2 is 1.75 bits per heavy atom. The molecule has 4 heterocycles. The summed E-state index contributed by atoms with van der Waals surface area (Å²) >= 11 is 7.85. The predicted octanol–water partition coefficient (Wildman–Crippen LogP) is 7.67. The number of aryl methyl sites for hydroxylation is 2.